The summed E-state index contributed by atoms with van der Waals surface area (Å²) in [6.45, 7) is 5.28. The maximum atomic E-state index is 11.5. The lowest BCUT2D eigenvalue weighted by Gasteiger charge is -2.33. The number of nitrogens with zero attached hydrogens (tertiary/aromatic N) is 1. The van der Waals surface area contributed by atoms with Gasteiger partial charge in [0, 0.05) is 0 Å². The molecule has 1 fully saturated rings. The van der Waals surface area contributed by atoms with Crippen LogP contribution in [0.15, 0.2) is 24.3 Å². The van der Waals surface area contributed by atoms with Crippen LogP contribution in [0.5, 0.6) is 5.75 Å². The van der Waals surface area contributed by atoms with Gasteiger partial charge in [0.25, 0.3) is 0 Å². The molecule has 1 aromatic carbocycles. The normalized spacial score (nSPS) is 18.4. The average molecular weight is 312 g/mol. The summed E-state index contributed by atoms with van der Waals surface area (Å²) in [5.41, 5.74) is 0. The predicted octanol–water partition coefficient (Wildman–Crippen LogP) is 3.15. The molecule has 0 aliphatic carbocycles. The van der Waals surface area contributed by atoms with Crippen LogP contribution in [0.1, 0.15) is 19.8 Å². The van der Waals surface area contributed by atoms with Gasteiger partial charge in [0.15, 0.2) is 0 Å². The number of ether oxygens (including phenoxy) is 1. The third-order valence-electron chi connectivity index (χ3n) is 4.22. The first-order valence-electron chi connectivity index (χ1n) is 7.44. The van der Waals surface area contributed by atoms with E-state index in [1.165, 1.54) is 0 Å². The zero-order chi connectivity index (χ0) is 15.2. The summed E-state index contributed by atoms with van der Waals surface area (Å²) < 4.78 is 5.64. The molecule has 116 valence electrons. The zero-order valence-corrected chi connectivity index (χ0v) is 13.1. The second-order valence-electron chi connectivity index (χ2n) is 5.46. The highest BCUT2D eigenvalue weighted by Gasteiger charge is 2.31. The lowest BCUT2D eigenvalue weighted by atomic mass is 9.84. The Labute approximate surface area is 130 Å². The Morgan fingerprint density at radius 2 is 2.10 bits per heavy atom. The molecule has 0 bridgehead atoms. The van der Waals surface area contributed by atoms with Crippen LogP contribution in [-0.2, 0) is 4.79 Å². The summed E-state index contributed by atoms with van der Waals surface area (Å²) in [4.78, 5) is 13.9. The molecule has 1 aromatic rings. The number of benzene rings is 1. The van der Waals surface area contributed by atoms with Gasteiger partial charge in [0.1, 0.15) is 12.4 Å². The van der Waals surface area contributed by atoms with Gasteiger partial charge in [-0.2, -0.15) is 0 Å². The molecule has 1 N–H and O–H groups in total. The minimum atomic E-state index is -0.781. The van der Waals surface area contributed by atoms with E-state index >= 15 is 0 Å². The van der Waals surface area contributed by atoms with E-state index in [0.29, 0.717) is 10.8 Å². The minimum absolute atomic E-state index is 0.174. The van der Waals surface area contributed by atoms with E-state index in [-0.39, 0.29) is 12.5 Å². The molecule has 1 heterocycles. The highest BCUT2D eigenvalue weighted by molar-refractivity contribution is 6.32. The molecule has 2 rings (SSSR count). The lowest BCUT2D eigenvalue weighted by molar-refractivity contribution is -0.145. The molecule has 5 heteroatoms. The van der Waals surface area contributed by atoms with Crippen LogP contribution in [0, 0.1) is 11.8 Å². The van der Waals surface area contributed by atoms with Crippen molar-refractivity contribution >= 4 is 17.6 Å². The van der Waals surface area contributed by atoms with Crippen molar-refractivity contribution in [2.24, 2.45) is 11.8 Å². The van der Waals surface area contributed by atoms with Crippen molar-refractivity contribution in [1.82, 2.24) is 4.90 Å². The van der Waals surface area contributed by atoms with Crippen molar-refractivity contribution in [2.45, 2.75) is 19.8 Å². The number of carboxylic acid groups (broad SMARTS) is 1. The van der Waals surface area contributed by atoms with Crippen molar-refractivity contribution in [3.8, 4) is 5.75 Å². The maximum absolute atomic E-state index is 11.5. The van der Waals surface area contributed by atoms with Crippen LogP contribution in [0.3, 0.4) is 0 Å². The molecule has 1 unspecified atom stereocenters. The van der Waals surface area contributed by atoms with E-state index < -0.39 is 11.9 Å². The van der Waals surface area contributed by atoms with Gasteiger partial charge in [-0.1, -0.05) is 30.7 Å². The molecule has 4 nitrogen and oxygen atoms in total. The van der Waals surface area contributed by atoms with Crippen molar-refractivity contribution in [2.75, 3.05) is 26.2 Å². The van der Waals surface area contributed by atoms with Crippen LogP contribution in [-0.4, -0.2) is 42.2 Å². The Kier molecular flexibility index (Phi) is 5.88. The van der Waals surface area contributed by atoms with E-state index in [1.807, 2.05) is 12.1 Å². The Morgan fingerprint density at radius 3 is 2.67 bits per heavy atom. The summed E-state index contributed by atoms with van der Waals surface area (Å²) in [6, 6.07) is 7.16. The van der Waals surface area contributed by atoms with Crippen molar-refractivity contribution < 1.29 is 14.6 Å². The SMILES string of the molecule is CCN1CCC(C(COc2ccccc2Cl)C(=O)O)CC1. The molecule has 1 atom stereocenters. The number of para-hydroxylation sites is 1. The van der Waals surface area contributed by atoms with Gasteiger partial charge in [-0.05, 0) is 50.5 Å². The van der Waals surface area contributed by atoms with E-state index in [0.717, 1.165) is 32.5 Å². The number of piperidine rings is 1. The summed E-state index contributed by atoms with van der Waals surface area (Å²) in [6.07, 6.45) is 1.83. The molecule has 1 aliphatic rings. The number of aliphatic carboxylic acids is 1. The standard InChI is InChI=1S/C16H22ClNO3/c1-2-18-9-7-12(8-10-18)13(16(19)20)11-21-15-6-4-3-5-14(15)17/h3-6,12-13H,2,7-11H2,1H3,(H,19,20). The molecule has 1 aliphatic heterocycles. The highest BCUT2D eigenvalue weighted by atomic mass is 35.5. The molecule has 0 radical (unpaired) electrons. The molecule has 0 amide bonds. The largest absolute Gasteiger partial charge is 0.491 e. The number of hydrogen-bond acceptors (Lipinski definition) is 3. The van der Waals surface area contributed by atoms with Crippen LogP contribution < -0.4 is 4.74 Å². The highest BCUT2D eigenvalue weighted by Crippen LogP contribution is 2.28. The summed E-state index contributed by atoms with van der Waals surface area (Å²) >= 11 is 6.03. The zero-order valence-electron chi connectivity index (χ0n) is 12.3. The monoisotopic (exact) mass is 311 g/mol. The summed E-state index contributed by atoms with van der Waals surface area (Å²) in [5.74, 6) is -0.526. The number of rotatable bonds is 6. The average Bonchev–Trinajstić information content (AvgIpc) is 2.49. The Balaban J connectivity index is 1.94. The second kappa shape index (κ2) is 7.66. The van der Waals surface area contributed by atoms with Gasteiger partial charge in [-0.25, -0.2) is 0 Å². The molecular formula is C16H22ClNO3. The minimum Gasteiger partial charge on any atom is -0.491 e. The van der Waals surface area contributed by atoms with E-state index in [2.05, 4.69) is 11.8 Å². The van der Waals surface area contributed by atoms with Gasteiger partial charge in [-0.3, -0.25) is 4.79 Å². The number of carboxylic acids is 1. The fourth-order valence-electron chi connectivity index (χ4n) is 2.82. The number of halogens is 1. The van der Waals surface area contributed by atoms with Crippen molar-refractivity contribution in [3.05, 3.63) is 29.3 Å². The third kappa shape index (κ3) is 4.35. The first kappa shape index (κ1) is 16.1. The molecule has 21 heavy (non-hydrogen) atoms. The van der Waals surface area contributed by atoms with E-state index in [1.54, 1.807) is 12.1 Å². The Morgan fingerprint density at radius 1 is 1.43 bits per heavy atom. The number of carbonyl (C=O) groups is 1. The van der Waals surface area contributed by atoms with Gasteiger partial charge >= 0.3 is 5.97 Å². The summed E-state index contributed by atoms with van der Waals surface area (Å²) in [7, 11) is 0. The summed E-state index contributed by atoms with van der Waals surface area (Å²) in [5, 5.41) is 9.99. The van der Waals surface area contributed by atoms with Crippen LogP contribution in [0.2, 0.25) is 5.02 Å². The Hall–Kier alpha value is -1.26. The van der Waals surface area contributed by atoms with Crippen molar-refractivity contribution in [1.29, 1.82) is 0 Å². The number of hydrogen-bond donors (Lipinski definition) is 1. The fourth-order valence-corrected chi connectivity index (χ4v) is 3.01. The molecule has 1 saturated heterocycles. The van der Waals surface area contributed by atoms with Gasteiger partial charge < -0.3 is 14.7 Å². The first-order valence-corrected chi connectivity index (χ1v) is 7.82. The van der Waals surface area contributed by atoms with Gasteiger partial charge in [0.2, 0.25) is 0 Å². The molecule has 0 saturated carbocycles. The van der Waals surface area contributed by atoms with Crippen LogP contribution in [0.4, 0.5) is 0 Å². The number of likely N-dealkylation sites (tertiary alicyclic amines) is 1. The van der Waals surface area contributed by atoms with Crippen LogP contribution in [0.25, 0.3) is 0 Å². The van der Waals surface area contributed by atoms with Gasteiger partial charge in [0.05, 0.1) is 10.9 Å². The van der Waals surface area contributed by atoms with Gasteiger partial charge in [-0.15, -0.1) is 0 Å². The second-order valence-corrected chi connectivity index (χ2v) is 5.87. The first-order chi connectivity index (χ1) is 10.1. The lowest BCUT2D eigenvalue weighted by Crippen LogP contribution is -2.39. The predicted molar refractivity (Wildman–Crippen MR) is 82.9 cm³/mol. The van der Waals surface area contributed by atoms with E-state index in [9.17, 15) is 9.90 Å². The van der Waals surface area contributed by atoms with Crippen LogP contribution >= 0.6 is 11.6 Å². The molecule has 0 aromatic heterocycles. The Bertz CT molecular complexity index is 472. The smallest absolute Gasteiger partial charge is 0.310 e. The quantitative estimate of drug-likeness (QED) is 0.877. The topological polar surface area (TPSA) is 49.8 Å². The maximum Gasteiger partial charge on any atom is 0.310 e. The molecular weight excluding hydrogens is 290 g/mol. The third-order valence-corrected chi connectivity index (χ3v) is 4.53. The van der Waals surface area contributed by atoms with Crippen molar-refractivity contribution in [3.63, 3.8) is 0 Å². The van der Waals surface area contributed by atoms with E-state index in [4.69, 9.17) is 16.3 Å². The molecule has 0 spiro atoms. The fraction of sp³-hybridized carbons (Fsp3) is 0.562.